The van der Waals surface area contributed by atoms with Gasteiger partial charge in [0.1, 0.15) is 0 Å². The first-order valence-electron chi connectivity index (χ1n) is 8.85. The van der Waals surface area contributed by atoms with Crippen molar-refractivity contribution in [1.29, 1.82) is 0 Å². The summed E-state index contributed by atoms with van der Waals surface area (Å²) in [6.07, 6.45) is 5.39. The van der Waals surface area contributed by atoms with Crippen LogP contribution < -0.4 is 10.6 Å². The van der Waals surface area contributed by atoms with Crippen LogP contribution in [0.4, 0.5) is 4.79 Å². The van der Waals surface area contributed by atoms with Crippen LogP contribution in [0.2, 0.25) is 0 Å². The molecule has 0 radical (unpaired) electrons. The molecule has 2 aromatic rings. The second-order valence-corrected chi connectivity index (χ2v) is 6.61. The molecule has 0 spiro atoms. The van der Waals surface area contributed by atoms with Gasteiger partial charge in [0.05, 0.1) is 12.7 Å². The molecule has 1 aliphatic rings. The highest BCUT2D eigenvalue weighted by atomic mass is 16.2. The molecular formula is C18H26N6O. The number of nitrogens with one attached hydrogen (secondary N) is 2. The van der Waals surface area contributed by atoms with E-state index in [1.54, 1.807) is 17.1 Å². The predicted molar refractivity (Wildman–Crippen MR) is 96.0 cm³/mol. The molecule has 1 saturated heterocycles. The van der Waals surface area contributed by atoms with Crippen LogP contribution in [0, 0.1) is 6.92 Å². The van der Waals surface area contributed by atoms with Crippen molar-refractivity contribution in [2.45, 2.75) is 38.9 Å². The molecule has 1 fully saturated rings. The summed E-state index contributed by atoms with van der Waals surface area (Å²) in [6.45, 7) is 6.30. The van der Waals surface area contributed by atoms with Gasteiger partial charge >= 0.3 is 6.03 Å². The Morgan fingerprint density at radius 1 is 1.32 bits per heavy atom. The monoisotopic (exact) mass is 342 g/mol. The van der Waals surface area contributed by atoms with Gasteiger partial charge in [-0.3, -0.25) is 9.58 Å². The summed E-state index contributed by atoms with van der Waals surface area (Å²) in [5, 5.41) is 13.5. The summed E-state index contributed by atoms with van der Waals surface area (Å²) in [5.41, 5.74) is 2.66. The van der Waals surface area contributed by atoms with E-state index >= 15 is 0 Å². The smallest absolute Gasteiger partial charge is 0.315 e. The van der Waals surface area contributed by atoms with Crippen molar-refractivity contribution in [2.75, 3.05) is 19.6 Å². The number of aromatic nitrogens is 3. The molecule has 1 aromatic carbocycles. The molecule has 1 aliphatic heterocycles. The highest BCUT2D eigenvalue weighted by Gasteiger charge is 2.20. The number of hydrogen-bond donors (Lipinski definition) is 2. The minimum absolute atomic E-state index is 0.0998. The van der Waals surface area contributed by atoms with E-state index in [1.807, 2.05) is 0 Å². The van der Waals surface area contributed by atoms with Gasteiger partial charge in [-0.2, -0.15) is 0 Å². The van der Waals surface area contributed by atoms with E-state index in [1.165, 1.54) is 11.1 Å². The van der Waals surface area contributed by atoms with Crippen LogP contribution in [0.3, 0.4) is 0 Å². The van der Waals surface area contributed by atoms with Gasteiger partial charge in [0.15, 0.2) is 0 Å². The zero-order valence-corrected chi connectivity index (χ0v) is 14.7. The second-order valence-electron chi connectivity index (χ2n) is 6.61. The van der Waals surface area contributed by atoms with E-state index in [4.69, 9.17) is 0 Å². The van der Waals surface area contributed by atoms with E-state index in [0.29, 0.717) is 13.1 Å². The van der Waals surface area contributed by atoms with Crippen LogP contribution in [0.5, 0.6) is 0 Å². The van der Waals surface area contributed by atoms with E-state index in [0.717, 1.165) is 32.5 Å². The Labute approximate surface area is 148 Å². The molecule has 0 saturated carbocycles. The molecule has 0 atom stereocenters. The van der Waals surface area contributed by atoms with Gasteiger partial charge in [0, 0.05) is 38.4 Å². The molecule has 1 aromatic heterocycles. The van der Waals surface area contributed by atoms with Gasteiger partial charge < -0.3 is 10.6 Å². The third kappa shape index (κ3) is 5.56. The Hall–Kier alpha value is -2.41. The Balaban J connectivity index is 1.33. The van der Waals surface area contributed by atoms with Crippen LogP contribution in [0.15, 0.2) is 36.7 Å². The minimum Gasteiger partial charge on any atom is -0.336 e. The number of aryl methyl sites for hydroxylation is 1. The van der Waals surface area contributed by atoms with Gasteiger partial charge in [-0.1, -0.05) is 35.0 Å². The van der Waals surface area contributed by atoms with Crippen LogP contribution >= 0.6 is 0 Å². The fourth-order valence-corrected chi connectivity index (χ4v) is 3.18. The van der Waals surface area contributed by atoms with E-state index in [-0.39, 0.29) is 12.1 Å². The maximum atomic E-state index is 12.0. The molecule has 0 aliphatic carbocycles. The van der Waals surface area contributed by atoms with Crippen LogP contribution in [0.25, 0.3) is 0 Å². The number of piperidine rings is 1. The summed E-state index contributed by atoms with van der Waals surface area (Å²) >= 11 is 0. The van der Waals surface area contributed by atoms with Crippen LogP contribution in [0.1, 0.15) is 24.0 Å². The Bertz CT molecular complexity index is 664. The fraction of sp³-hybridized carbons (Fsp3) is 0.500. The zero-order chi connectivity index (χ0) is 17.5. The lowest BCUT2D eigenvalue weighted by molar-refractivity contribution is 0.186. The van der Waals surface area contributed by atoms with E-state index in [9.17, 15) is 4.79 Å². The van der Waals surface area contributed by atoms with E-state index < -0.39 is 0 Å². The minimum atomic E-state index is -0.0998. The number of amides is 2. The Kier molecular flexibility index (Phi) is 6.00. The van der Waals surface area contributed by atoms with Crippen molar-refractivity contribution < 1.29 is 4.79 Å². The molecule has 2 heterocycles. The summed E-state index contributed by atoms with van der Waals surface area (Å²) in [4.78, 5) is 14.4. The van der Waals surface area contributed by atoms with Crippen molar-refractivity contribution in [3.63, 3.8) is 0 Å². The maximum Gasteiger partial charge on any atom is 0.315 e. The molecule has 7 heteroatoms. The number of urea groups is 1. The van der Waals surface area contributed by atoms with Crippen molar-refractivity contribution in [2.24, 2.45) is 0 Å². The number of carbonyl (C=O) groups excluding carboxylic acids is 1. The number of nitrogens with zero attached hydrogens (tertiary/aromatic N) is 4. The van der Waals surface area contributed by atoms with Crippen molar-refractivity contribution in [3.05, 3.63) is 47.8 Å². The highest BCUT2D eigenvalue weighted by molar-refractivity contribution is 5.74. The highest BCUT2D eigenvalue weighted by Crippen LogP contribution is 2.14. The lowest BCUT2D eigenvalue weighted by Gasteiger charge is -2.32. The molecule has 134 valence electrons. The molecule has 7 nitrogen and oxygen atoms in total. The van der Waals surface area contributed by atoms with Crippen molar-refractivity contribution in [1.82, 2.24) is 30.5 Å². The summed E-state index contributed by atoms with van der Waals surface area (Å²) in [6, 6.07) is 8.81. The predicted octanol–water partition coefficient (Wildman–Crippen LogP) is 1.55. The first-order chi connectivity index (χ1) is 12.2. The number of carbonyl (C=O) groups is 1. The maximum absolute atomic E-state index is 12.0. The van der Waals surface area contributed by atoms with E-state index in [2.05, 4.69) is 57.0 Å². The standard InChI is InChI=1S/C18H26N6O/c1-15-3-2-4-16(13-15)14-23-9-5-17(6-10-23)21-18(25)19-7-11-24-12-8-20-22-24/h2-4,8,12-13,17H,5-7,9-11,14H2,1H3,(H2,19,21,25). The van der Waals surface area contributed by atoms with Gasteiger partial charge in [-0.05, 0) is 25.3 Å². The molecule has 3 rings (SSSR count). The zero-order valence-electron chi connectivity index (χ0n) is 14.7. The second kappa shape index (κ2) is 8.62. The van der Waals surface area contributed by atoms with Gasteiger partial charge in [-0.25, -0.2) is 4.79 Å². The largest absolute Gasteiger partial charge is 0.336 e. The van der Waals surface area contributed by atoms with Crippen molar-refractivity contribution >= 4 is 6.03 Å². The van der Waals surface area contributed by atoms with Crippen molar-refractivity contribution in [3.8, 4) is 0 Å². The average Bonchev–Trinajstić information content (AvgIpc) is 3.10. The molecular weight excluding hydrogens is 316 g/mol. The number of likely N-dealkylation sites (tertiary alicyclic amines) is 1. The molecule has 2 amide bonds. The first-order valence-corrected chi connectivity index (χ1v) is 8.85. The number of rotatable bonds is 6. The van der Waals surface area contributed by atoms with Gasteiger partial charge in [0.25, 0.3) is 0 Å². The van der Waals surface area contributed by atoms with Gasteiger partial charge in [0.2, 0.25) is 0 Å². The Morgan fingerprint density at radius 2 is 2.16 bits per heavy atom. The summed E-state index contributed by atoms with van der Waals surface area (Å²) in [5.74, 6) is 0. The molecule has 0 unspecified atom stereocenters. The van der Waals surface area contributed by atoms with Crippen LogP contribution in [-0.2, 0) is 13.1 Å². The summed E-state index contributed by atoms with van der Waals surface area (Å²) in [7, 11) is 0. The Morgan fingerprint density at radius 3 is 2.88 bits per heavy atom. The third-order valence-electron chi connectivity index (χ3n) is 4.51. The topological polar surface area (TPSA) is 75.1 Å². The third-order valence-corrected chi connectivity index (χ3v) is 4.51. The quantitative estimate of drug-likeness (QED) is 0.835. The molecule has 0 bridgehead atoms. The lowest BCUT2D eigenvalue weighted by Crippen LogP contribution is -2.48. The van der Waals surface area contributed by atoms with Crippen LogP contribution in [-0.4, -0.2) is 51.6 Å². The number of benzene rings is 1. The van der Waals surface area contributed by atoms with Gasteiger partial charge in [-0.15, -0.1) is 5.10 Å². The number of hydrogen-bond acceptors (Lipinski definition) is 4. The average molecular weight is 342 g/mol. The summed E-state index contributed by atoms with van der Waals surface area (Å²) < 4.78 is 1.70. The molecule has 25 heavy (non-hydrogen) atoms. The molecule has 2 N–H and O–H groups in total. The lowest BCUT2D eigenvalue weighted by atomic mass is 10.0. The fourth-order valence-electron chi connectivity index (χ4n) is 3.18. The first kappa shape index (κ1) is 17.4. The SMILES string of the molecule is Cc1cccc(CN2CCC(NC(=O)NCCn3ccnn3)CC2)c1. The normalized spacial score (nSPS) is 15.9.